The number of rotatable bonds is 9. The number of methoxy groups -OCH3 is 1. The number of carbonyl (C=O) groups excluding carboxylic acids is 1. The Balaban J connectivity index is 1.43. The van der Waals surface area contributed by atoms with E-state index in [-0.39, 0.29) is 5.91 Å². The molecule has 7 nitrogen and oxygen atoms in total. The van der Waals surface area contributed by atoms with E-state index in [1.807, 2.05) is 35.0 Å². The average Bonchev–Trinajstić information content (AvgIpc) is 3.68. The Morgan fingerprint density at radius 3 is 2.64 bits per heavy atom. The minimum atomic E-state index is 0.252. The standard InChI is InChI=1S/C28H32ClN5O2/c1-36-25-11-10-22(19-24(25)29)28-31-27(21-12-14-30-15-13-21)32-34(28)17-16-33(23-8-4-5-9-23)26(35)18-20-6-2-3-7-20/h2,6,10-15,19-20,23H,3-5,7-9,16-18H2,1H3. The SMILES string of the molecule is COc1ccc(-c2nc(-c3ccncc3)nn2CCN(C(=O)CC2C=CCC2)C2CCCC2)cc1Cl. The van der Waals surface area contributed by atoms with Crippen LogP contribution in [0.25, 0.3) is 22.8 Å². The number of carbonyl (C=O) groups is 1. The molecular formula is C28H32ClN5O2. The topological polar surface area (TPSA) is 73.1 Å². The van der Waals surface area contributed by atoms with E-state index in [1.165, 1.54) is 12.8 Å². The fourth-order valence-electron chi connectivity index (χ4n) is 5.28. The van der Waals surface area contributed by atoms with E-state index >= 15 is 0 Å². The predicted octanol–water partition coefficient (Wildman–Crippen LogP) is 5.80. The van der Waals surface area contributed by atoms with Gasteiger partial charge in [-0.25, -0.2) is 9.67 Å². The molecule has 5 rings (SSSR count). The molecule has 1 amide bonds. The van der Waals surface area contributed by atoms with Gasteiger partial charge < -0.3 is 9.64 Å². The maximum atomic E-state index is 13.4. The molecule has 0 saturated heterocycles. The van der Waals surface area contributed by atoms with E-state index in [1.54, 1.807) is 19.5 Å². The Hall–Kier alpha value is -3.19. The molecule has 1 atom stereocenters. The summed E-state index contributed by atoms with van der Waals surface area (Å²) in [7, 11) is 1.60. The van der Waals surface area contributed by atoms with Crippen molar-refractivity contribution in [1.82, 2.24) is 24.6 Å². The van der Waals surface area contributed by atoms with Crippen molar-refractivity contribution in [2.24, 2.45) is 5.92 Å². The fourth-order valence-corrected chi connectivity index (χ4v) is 5.53. The van der Waals surface area contributed by atoms with Crippen LogP contribution in [0.2, 0.25) is 5.02 Å². The van der Waals surface area contributed by atoms with Gasteiger partial charge in [0.1, 0.15) is 5.75 Å². The summed E-state index contributed by atoms with van der Waals surface area (Å²) in [4.78, 5) is 24.5. The molecule has 36 heavy (non-hydrogen) atoms. The highest BCUT2D eigenvalue weighted by Crippen LogP contribution is 2.31. The maximum Gasteiger partial charge on any atom is 0.223 e. The lowest BCUT2D eigenvalue weighted by atomic mass is 10.0. The van der Waals surface area contributed by atoms with Gasteiger partial charge in [-0.15, -0.1) is 0 Å². The number of pyridine rings is 1. The van der Waals surface area contributed by atoms with Gasteiger partial charge in [0.05, 0.1) is 18.7 Å². The zero-order chi connectivity index (χ0) is 24.9. The summed E-state index contributed by atoms with van der Waals surface area (Å²) in [6.45, 7) is 1.16. The minimum Gasteiger partial charge on any atom is -0.495 e. The summed E-state index contributed by atoms with van der Waals surface area (Å²) >= 11 is 6.44. The van der Waals surface area contributed by atoms with Crippen molar-refractivity contribution in [3.05, 3.63) is 59.9 Å². The summed E-state index contributed by atoms with van der Waals surface area (Å²) in [5.74, 6) is 2.56. The van der Waals surface area contributed by atoms with Crippen molar-refractivity contribution in [3.63, 3.8) is 0 Å². The lowest BCUT2D eigenvalue weighted by molar-refractivity contribution is -0.134. The molecule has 0 bridgehead atoms. The summed E-state index contributed by atoms with van der Waals surface area (Å²) in [5, 5.41) is 5.36. The van der Waals surface area contributed by atoms with Gasteiger partial charge in [0.15, 0.2) is 11.6 Å². The number of hydrogen-bond donors (Lipinski definition) is 0. The Bertz CT molecular complexity index is 1220. The van der Waals surface area contributed by atoms with Gasteiger partial charge in [-0.05, 0) is 61.9 Å². The molecule has 1 unspecified atom stereocenters. The van der Waals surface area contributed by atoms with E-state index < -0.39 is 0 Å². The molecule has 0 aliphatic heterocycles. The van der Waals surface area contributed by atoms with Crippen LogP contribution in [0.5, 0.6) is 5.75 Å². The van der Waals surface area contributed by atoms with Crippen molar-refractivity contribution in [2.45, 2.75) is 57.5 Å². The normalized spacial score (nSPS) is 17.6. The Morgan fingerprint density at radius 2 is 1.94 bits per heavy atom. The van der Waals surface area contributed by atoms with E-state index in [4.69, 9.17) is 26.4 Å². The molecule has 0 N–H and O–H groups in total. The van der Waals surface area contributed by atoms with Gasteiger partial charge in [-0.3, -0.25) is 9.78 Å². The molecule has 2 aliphatic carbocycles. The first-order valence-corrected chi connectivity index (χ1v) is 13.2. The first-order chi connectivity index (χ1) is 17.6. The summed E-state index contributed by atoms with van der Waals surface area (Å²) < 4.78 is 7.23. The maximum absolute atomic E-state index is 13.4. The molecule has 8 heteroatoms. The van der Waals surface area contributed by atoms with Crippen LogP contribution in [0.15, 0.2) is 54.9 Å². The first kappa shape index (κ1) is 24.5. The molecule has 1 saturated carbocycles. The van der Waals surface area contributed by atoms with E-state index in [9.17, 15) is 4.79 Å². The van der Waals surface area contributed by atoms with Crippen molar-refractivity contribution in [2.75, 3.05) is 13.7 Å². The summed E-state index contributed by atoms with van der Waals surface area (Å²) in [6.07, 6.45) is 15.1. The number of aromatic nitrogens is 4. The number of amides is 1. The number of nitrogens with zero attached hydrogens (tertiary/aromatic N) is 5. The molecule has 188 valence electrons. The van der Waals surface area contributed by atoms with Crippen LogP contribution >= 0.6 is 11.6 Å². The zero-order valence-electron chi connectivity index (χ0n) is 20.6. The highest BCUT2D eigenvalue weighted by Gasteiger charge is 2.28. The molecule has 0 radical (unpaired) electrons. The third kappa shape index (κ3) is 5.46. The summed E-state index contributed by atoms with van der Waals surface area (Å²) in [5.41, 5.74) is 1.74. The fraction of sp³-hybridized carbons (Fsp3) is 0.429. The van der Waals surface area contributed by atoms with Gasteiger partial charge in [-0.1, -0.05) is 36.6 Å². The minimum absolute atomic E-state index is 0.252. The number of halogens is 1. The highest BCUT2D eigenvalue weighted by molar-refractivity contribution is 6.32. The monoisotopic (exact) mass is 505 g/mol. The molecule has 1 aromatic carbocycles. The van der Waals surface area contributed by atoms with Crippen LogP contribution in [-0.2, 0) is 11.3 Å². The second-order valence-corrected chi connectivity index (χ2v) is 9.97. The molecule has 3 aromatic rings. The van der Waals surface area contributed by atoms with Gasteiger partial charge in [-0.2, -0.15) is 5.10 Å². The Morgan fingerprint density at radius 1 is 1.14 bits per heavy atom. The van der Waals surface area contributed by atoms with Gasteiger partial charge >= 0.3 is 0 Å². The van der Waals surface area contributed by atoms with E-state index in [2.05, 4.69) is 22.0 Å². The van der Waals surface area contributed by atoms with E-state index in [0.29, 0.717) is 53.9 Å². The third-order valence-electron chi connectivity index (χ3n) is 7.21. The Labute approximate surface area is 217 Å². The van der Waals surface area contributed by atoms with Crippen LogP contribution in [0.1, 0.15) is 44.9 Å². The quantitative estimate of drug-likeness (QED) is 0.344. The molecule has 2 aromatic heterocycles. The number of ether oxygens (including phenoxy) is 1. The van der Waals surface area contributed by atoms with Crippen molar-refractivity contribution in [3.8, 4) is 28.5 Å². The van der Waals surface area contributed by atoms with Crippen LogP contribution in [0, 0.1) is 5.92 Å². The van der Waals surface area contributed by atoms with E-state index in [0.717, 1.165) is 36.8 Å². The van der Waals surface area contributed by atoms with Crippen molar-refractivity contribution >= 4 is 17.5 Å². The van der Waals surface area contributed by atoms with Crippen molar-refractivity contribution in [1.29, 1.82) is 0 Å². The predicted molar refractivity (Wildman–Crippen MR) is 141 cm³/mol. The summed E-state index contributed by atoms with van der Waals surface area (Å²) in [6, 6.07) is 9.73. The second kappa shape index (κ2) is 11.2. The first-order valence-electron chi connectivity index (χ1n) is 12.8. The van der Waals surface area contributed by atoms with Crippen molar-refractivity contribution < 1.29 is 9.53 Å². The lowest BCUT2D eigenvalue weighted by Gasteiger charge is -2.30. The smallest absolute Gasteiger partial charge is 0.223 e. The third-order valence-corrected chi connectivity index (χ3v) is 7.50. The average molecular weight is 506 g/mol. The zero-order valence-corrected chi connectivity index (χ0v) is 21.4. The largest absolute Gasteiger partial charge is 0.495 e. The molecular weight excluding hydrogens is 474 g/mol. The van der Waals surface area contributed by atoms with Crippen LogP contribution in [-0.4, -0.2) is 50.3 Å². The lowest BCUT2D eigenvalue weighted by Crippen LogP contribution is -2.41. The number of benzene rings is 1. The van der Waals surface area contributed by atoms with Crippen LogP contribution < -0.4 is 4.74 Å². The van der Waals surface area contributed by atoms with Crippen LogP contribution in [0.4, 0.5) is 0 Å². The van der Waals surface area contributed by atoms with Gasteiger partial charge in [0, 0.05) is 42.5 Å². The van der Waals surface area contributed by atoms with Gasteiger partial charge in [0.2, 0.25) is 5.91 Å². The van der Waals surface area contributed by atoms with Gasteiger partial charge in [0.25, 0.3) is 0 Å². The highest BCUT2D eigenvalue weighted by atomic mass is 35.5. The Kier molecular flexibility index (Phi) is 7.66. The number of allylic oxidation sites excluding steroid dienone is 2. The molecule has 1 fully saturated rings. The number of hydrogen-bond acceptors (Lipinski definition) is 5. The van der Waals surface area contributed by atoms with Crippen LogP contribution in [0.3, 0.4) is 0 Å². The molecule has 2 heterocycles. The molecule has 2 aliphatic rings. The second-order valence-electron chi connectivity index (χ2n) is 9.56. The molecule has 0 spiro atoms.